The van der Waals surface area contributed by atoms with Gasteiger partial charge in [-0.15, -0.1) is 11.3 Å². The molecule has 0 amide bonds. The fourth-order valence-corrected chi connectivity index (χ4v) is 6.41. The zero-order valence-electron chi connectivity index (χ0n) is 20.8. The van der Waals surface area contributed by atoms with Crippen LogP contribution >= 0.6 is 11.3 Å². The summed E-state index contributed by atoms with van der Waals surface area (Å²) in [4.78, 5) is 9.53. The van der Waals surface area contributed by atoms with E-state index in [1.54, 1.807) is 17.6 Å². The van der Waals surface area contributed by atoms with Gasteiger partial charge in [-0.25, -0.2) is 4.98 Å². The molecule has 39 heavy (non-hydrogen) atoms. The predicted molar refractivity (Wildman–Crippen MR) is 160 cm³/mol. The van der Waals surface area contributed by atoms with Crippen LogP contribution in [0.25, 0.3) is 70.9 Å². The molecule has 0 atom stereocenters. The maximum Gasteiger partial charge on any atom is 0.134 e. The minimum absolute atomic E-state index is 0.858. The third kappa shape index (κ3) is 3.59. The highest BCUT2D eigenvalue weighted by Gasteiger charge is 2.19. The van der Waals surface area contributed by atoms with E-state index in [0.717, 1.165) is 55.4 Å². The van der Waals surface area contributed by atoms with E-state index >= 15 is 0 Å². The summed E-state index contributed by atoms with van der Waals surface area (Å²) in [5.74, 6) is 0.858. The number of aromatic nitrogens is 3. The molecule has 0 aliphatic heterocycles. The van der Waals surface area contributed by atoms with Gasteiger partial charge < -0.3 is 8.98 Å². The van der Waals surface area contributed by atoms with Crippen molar-refractivity contribution in [3.05, 3.63) is 128 Å². The number of rotatable bonds is 4. The van der Waals surface area contributed by atoms with Crippen molar-refractivity contribution in [2.75, 3.05) is 0 Å². The minimum Gasteiger partial charge on any atom is -0.464 e. The Hall–Kier alpha value is -5.00. The van der Waals surface area contributed by atoms with Gasteiger partial charge in [-0.1, -0.05) is 54.6 Å². The van der Waals surface area contributed by atoms with Crippen LogP contribution < -0.4 is 0 Å². The van der Waals surface area contributed by atoms with Gasteiger partial charge in [0.05, 0.1) is 33.2 Å². The number of fused-ring (bicyclic) bond motifs is 4. The number of hydrogen-bond acceptors (Lipinski definition) is 4. The molecule has 4 nitrogen and oxygen atoms in total. The molecule has 0 bridgehead atoms. The van der Waals surface area contributed by atoms with E-state index in [0.29, 0.717) is 0 Å². The molecule has 4 heterocycles. The molecule has 0 radical (unpaired) electrons. The Morgan fingerprint density at radius 3 is 2.49 bits per heavy atom. The molecule has 4 aromatic heterocycles. The largest absolute Gasteiger partial charge is 0.464 e. The van der Waals surface area contributed by atoms with E-state index in [1.165, 1.54) is 15.5 Å². The fraction of sp³-hybridized carbons (Fsp3) is 0. The molecule has 8 rings (SSSR count). The van der Waals surface area contributed by atoms with Crippen molar-refractivity contribution in [1.82, 2.24) is 14.5 Å². The first-order chi connectivity index (χ1) is 19.3. The molecule has 0 aliphatic carbocycles. The number of para-hydroxylation sites is 1. The van der Waals surface area contributed by atoms with Crippen molar-refractivity contribution in [3.63, 3.8) is 0 Å². The van der Waals surface area contributed by atoms with Gasteiger partial charge in [0.2, 0.25) is 0 Å². The highest BCUT2D eigenvalue weighted by Crippen LogP contribution is 2.41. The van der Waals surface area contributed by atoms with Gasteiger partial charge in [0.1, 0.15) is 10.8 Å². The Labute approximate surface area is 228 Å². The molecular formula is C34H21N3OS. The number of hydrogen-bond donors (Lipinski definition) is 0. The Bertz CT molecular complexity index is 2090. The standard InChI is InChI=1S/C34H21N3OS/c1-2-15-32-28(12-1)36-34(39-32)23-16-17-25-30(21-23)37(24-9-5-8-22(20-24)27-11-3-4-18-35-27)29-13-6-10-26(33(25)29)31-14-7-19-38-31/h1-21H. The van der Waals surface area contributed by atoms with Crippen molar-refractivity contribution in [2.45, 2.75) is 0 Å². The van der Waals surface area contributed by atoms with Crippen molar-refractivity contribution < 1.29 is 4.42 Å². The second-order valence-corrected chi connectivity index (χ2v) is 10.5. The Morgan fingerprint density at radius 2 is 1.62 bits per heavy atom. The van der Waals surface area contributed by atoms with Gasteiger partial charge in [0.25, 0.3) is 0 Å². The van der Waals surface area contributed by atoms with Gasteiger partial charge in [-0.2, -0.15) is 0 Å². The summed E-state index contributed by atoms with van der Waals surface area (Å²) in [6.45, 7) is 0. The summed E-state index contributed by atoms with van der Waals surface area (Å²) >= 11 is 1.72. The van der Waals surface area contributed by atoms with Gasteiger partial charge in [-0.05, 0) is 60.7 Å². The topological polar surface area (TPSA) is 43.9 Å². The molecule has 0 fully saturated rings. The van der Waals surface area contributed by atoms with Gasteiger partial charge >= 0.3 is 0 Å². The Morgan fingerprint density at radius 1 is 0.692 bits per heavy atom. The molecule has 4 aromatic carbocycles. The number of nitrogens with zero attached hydrogens (tertiary/aromatic N) is 3. The smallest absolute Gasteiger partial charge is 0.134 e. The van der Waals surface area contributed by atoms with Crippen LogP contribution in [0.15, 0.2) is 132 Å². The second-order valence-electron chi connectivity index (χ2n) is 9.50. The third-order valence-electron chi connectivity index (χ3n) is 7.18. The summed E-state index contributed by atoms with van der Waals surface area (Å²) in [5, 5.41) is 3.36. The van der Waals surface area contributed by atoms with Gasteiger partial charge in [0.15, 0.2) is 0 Å². The summed E-state index contributed by atoms with van der Waals surface area (Å²) in [6, 6.07) is 40.0. The van der Waals surface area contributed by atoms with Crippen LogP contribution in [-0.2, 0) is 0 Å². The van der Waals surface area contributed by atoms with Crippen LogP contribution in [-0.4, -0.2) is 14.5 Å². The molecule has 0 saturated heterocycles. The molecule has 0 spiro atoms. The normalized spacial score (nSPS) is 11.6. The first-order valence-electron chi connectivity index (χ1n) is 12.8. The van der Waals surface area contributed by atoms with Crippen LogP contribution in [0.1, 0.15) is 0 Å². The Balaban J connectivity index is 1.43. The van der Waals surface area contributed by atoms with Crippen LogP contribution in [0.4, 0.5) is 0 Å². The molecule has 0 N–H and O–H groups in total. The molecule has 8 aromatic rings. The quantitative estimate of drug-likeness (QED) is 0.233. The van der Waals surface area contributed by atoms with Crippen molar-refractivity contribution in [2.24, 2.45) is 0 Å². The Kier molecular flexibility index (Phi) is 4.96. The first kappa shape index (κ1) is 22.0. The highest BCUT2D eigenvalue weighted by atomic mass is 32.1. The number of benzene rings is 4. The molecule has 184 valence electrons. The van der Waals surface area contributed by atoms with E-state index in [2.05, 4.69) is 88.4 Å². The van der Waals surface area contributed by atoms with Crippen molar-refractivity contribution in [3.8, 4) is 38.8 Å². The lowest BCUT2D eigenvalue weighted by Crippen LogP contribution is -1.95. The monoisotopic (exact) mass is 519 g/mol. The number of thiazole rings is 1. The van der Waals surface area contributed by atoms with E-state index in [1.807, 2.05) is 42.6 Å². The van der Waals surface area contributed by atoms with Crippen LogP contribution in [0.5, 0.6) is 0 Å². The lowest BCUT2D eigenvalue weighted by atomic mass is 10.0. The minimum atomic E-state index is 0.858. The zero-order valence-corrected chi connectivity index (χ0v) is 21.6. The van der Waals surface area contributed by atoms with Crippen molar-refractivity contribution >= 4 is 43.4 Å². The summed E-state index contributed by atoms with van der Waals surface area (Å²) in [5.41, 5.74) is 8.57. The number of pyridine rings is 1. The lowest BCUT2D eigenvalue weighted by molar-refractivity contribution is 0.583. The first-order valence-corrected chi connectivity index (χ1v) is 13.6. The molecule has 5 heteroatoms. The summed E-state index contributed by atoms with van der Waals surface area (Å²) in [6.07, 6.45) is 3.57. The average Bonchev–Trinajstić information content (AvgIpc) is 3.75. The van der Waals surface area contributed by atoms with E-state index in [4.69, 9.17) is 9.40 Å². The molecule has 0 unspecified atom stereocenters. The maximum atomic E-state index is 5.87. The zero-order chi connectivity index (χ0) is 25.8. The van der Waals surface area contributed by atoms with E-state index in [9.17, 15) is 0 Å². The van der Waals surface area contributed by atoms with Crippen molar-refractivity contribution in [1.29, 1.82) is 0 Å². The third-order valence-corrected chi connectivity index (χ3v) is 8.27. The predicted octanol–water partition coefficient (Wildman–Crippen LogP) is 9.38. The maximum absolute atomic E-state index is 5.87. The van der Waals surface area contributed by atoms with Gasteiger partial charge in [0, 0.05) is 39.3 Å². The second kappa shape index (κ2) is 8.79. The molecular weight excluding hydrogens is 498 g/mol. The van der Waals surface area contributed by atoms with Crippen LogP contribution in [0.3, 0.4) is 0 Å². The fourth-order valence-electron chi connectivity index (χ4n) is 5.45. The number of furan rings is 1. The highest BCUT2D eigenvalue weighted by molar-refractivity contribution is 7.21. The molecule has 0 aliphatic rings. The van der Waals surface area contributed by atoms with E-state index in [-0.39, 0.29) is 0 Å². The van der Waals surface area contributed by atoms with Crippen LogP contribution in [0, 0.1) is 0 Å². The summed E-state index contributed by atoms with van der Waals surface area (Å²) < 4.78 is 9.41. The SMILES string of the molecule is c1ccc(-c2cccc(-n3c4cc(-c5nc6ccccc6s5)ccc4c4c(-c5ccco5)cccc43)c2)nc1. The van der Waals surface area contributed by atoms with E-state index < -0.39 is 0 Å². The van der Waals surface area contributed by atoms with Crippen LogP contribution in [0.2, 0.25) is 0 Å². The average molecular weight is 520 g/mol. The molecule has 0 saturated carbocycles. The lowest BCUT2D eigenvalue weighted by Gasteiger charge is -2.11. The summed E-state index contributed by atoms with van der Waals surface area (Å²) in [7, 11) is 0. The van der Waals surface area contributed by atoms with Gasteiger partial charge in [-0.3, -0.25) is 4.98 Å².